The standard InChI is InChI=1S/C67H120/c1-11-20-27-32-35-37-40-44-50-58-56(10)57(19-9)62(48-18-8)66(63(58)54-46-41-36-33-28-21-12-2)67-64(49-26-17-7)60(51-42-25-16-6)59(52-43-31-24-15-5)61(53-45-38-30-23-14-4)65(67)55-47-39-34-29-22-13-3/h11-55H2,1-10H3. The second-order valence-electron chi connectivity index (χ2n) is 21.9. The molecule has 0 fully saturated rings. The highest BCUT2D eigenvalue weighted by atomic mass is 14.3. The quantitative estimate of drug-likeness (QED) is 0.0581. The van der Waals surface area contributed by atoms with E-state index >= 15 is 0 Å². The van der Waals surface area contributed by atoms with E-state index in [1.165, 1.54) is 289 Å². The van der Waals surface area contributed by atoms with E-state index in [9.17, 15) is 0 Å². The van der Waals surface area contributed by atoms with Gasteiger partial charge in [0.1, 0.15) is 0 Å². The van der Waals surface area contributed by atoms with E-state index in [-0.39, 0.29) is 0 Å². The minimum Gasteiger partial charge on any atom is -0.0654 e. The summed E-state index contributed by atoms with van der Waals surface area (Å²) in [5.41, 5.74) is 22.0. The molecule has 0 nitrogen and oxygen atoms in total. The van der Waals surface area contributed by atoms with Crippen LogP contribution in [0, 0.1) is 6.92 Å². The van der Waals surface area contributed by atoms with Crippen molar-refractivity contribution in [3.63, 3.8) is 0 Å². The van der Waals surface area contributed by atoms with Gasteiger partial charge in [-0.15, -0.1) is 0 Å². The number of unbranched alkanes of at least 4 members (excludes halogenated alkanes) is 28. The summed E-state index contributed by atoms with van der Waals surface area (Å²) >= 11 is 0. The summed E-state index contributed by atoms with van der Waals surface area (Å²) in [5.74, 6) is 0. The van der Waals surface area contributed by atoms with Crippen molar-refractivity contribution in [3.8, 4) is 11.1 Å². The lowest BCUT2D eigenvalue weighted by Gasteiger charge is -2.33. The van der Waals surface area contributed by atoms with Gasteiger partial charge in [0.2, 0.25) is 0 Å². The third-order valence-electron chi connectivity index (χ3n) is 16.1. The molecule has 0 atom stereocenters. The fourth-order valence-corrected chi connectivity index (χ4v) is 12.1. The van der Waals surface area contributed by atoms with Crippen LogP contribution in [0.1, 0.15) is 349 Å². The maximum Gasteiger partial charge on any atom is -0.0108 e. The lowest BCUT2D eigenvalue weighted by molar-refractivity contribution is 0.573. The van der Waals surface area contributed by atoms with E-state index in [4.69, 9.17) is 0 Å². The summed E-state index contributed by atoms with van der Waals surface area (Å²) in [6, 6.07) is 0. The molecule has 2 aromatic carbocycles. The van der Waals surface area contributed by atoms with E-state index in [1.807, 2.05) is 50.1 Å². The van der Waals surface area contributed by atoms with Gasteiger partial charge in [0, 0.05) is 0 Å². The summed E-state index contributed by atoms with van der Waals surface area (Å²) in [6.07, 6.45) is 61.1. The van der Waals surface area contributed by atoms with Gasteiger partial charge in [-0.25, -0.2) is 0 Å². The predicted molar refractivity (Wildman–Crippen MR) is 307 cm³/mol. The molecule has 0 unspecified atom stereocenters. The SMILES string of the molecule is CCCCCCCCCCc1c(C)c(CC)c(CCC)c(-c2c(CCCC)c(CCCCC)c(CCCCCC)c(CCCCCCC)c2CCCCCCCC)c1CCCCCCCCC. The van der Waals surface area contributed by atoms with Crippen molar-refractivity contribution in [3.05, 3.63) is 55.6 Å². The topological polar surface area (TPSA) is 0 Å². The van der Waals surface area contributed by atoms with Crippen LogP contribution in [0.5, 0.6) is 0 Å². The molecule has 0 N–H and O–H groups in total. The van der Waals surface area contributed by atoms with Crippen molar-refractivity contribution in [1.82, 2.24) is 0 Å². The average molecular weight is 926 g/mol. The number of benzene rings is 2. The lowest BCUT2D eigenvalue weighted by Crippen LogP contribution is -2.17. The third kappa shape index (κ3) is 23.0. The highest BCUT2D eigenvalue weighted by Gasteiger charge is 2.29. The Labute approximate surface area is 423 Å². The summed E-state index contributed by atoms with van der Waals surface area (Å²) in [7, 11) is 0. The maximum atomic E-state index is 2.60. The number of hydrogen-bond acceptors (Lipinski definition) is 0. The normalized spacial score (nSPS) is 11.7. The Kier molecular flexibility index (Phi) is 37.8. The van der Waals surface area contributed by atoms with Crippen LogP contribution in [-0.4, -0.2) is 0 Å². The molecule has 67 heavy (non-hydrogen) atoms. The molecule has 0 spiro atoms. The molecule has 2 rings (SSSR count). The Morgan fingerprint density at radius 2 is 0.403 bits per heavy atom. The summed E-state index contributed by atoms with van der Waals surface area (Å²) in [5, 5.41) is 0. The van der Waals surface area contributed by atoms with Gasteiger partial charge in [-0.1, -0.05) is 249 Å². The molecule has 0 amide bonds. The molecular weight excluding hydrogens is 805 g/mol. The smallest absolute Gasteiger partial charge is 0.0108 e. The first-order valence-electron chi connectivity index (χ1n) is 31.3. The molecule has 0 aliphatic carbocycles. The highest BCUT2D eigenvalue weighted by Crippen LogP contribution is 2.46. The van der Waals surface area contributed by atoms with Crippen molar-refractivity contribution in [1.29, 1.82) is 0 Å². The van der Waals surface area contributed by atoms with Crippen LogP contribution < -0.4 is 0 Å². The van der Waals surface area contributed by atoms with Gasteiger partial charge >= 0.3 is 0 Å². The predicted octanol–water partition coefficient (Wildman–Crippen LogP) is 22.8. The monoisotopic (exact) mass is 925 g/mol. The molecular formula is C67H120. The maximum absolute atomic E-state index is 2.60. The zero-order valence-electron chi connectivity index (χ0n) is 47.8. The van der Waals surface area contributed by atoms with Crippen molar-refractivity contribution >= 4 is 0 Å². The van der Waals surface area contributed by atoms with Crippen LogP contribution in [0.25, 0.3) is 11.1 Å². The molecule has 2 aromatic rings. The van der Waals surface area contributed by atoms with Crippen LogP contribution >= 0.6 is 0 Å². The zero-order valence-corrected chi connectivity index (χ0v) is 47.8. The summed E-state index contributed by atoms with van der Waals surface area (Å²) < 4.78 is 0. The molecule has 0 aromatic heterocycles. The van der Waals surface area contributed by atoms with E-state index in [0.717, 1.165) is 0 Å². The second kappa shape index (κ2) is 41.1. The Balaban J connectivity index is 3.23. The van der Waals surface area contributed by atoms with Gasteiger partial charge in [-0.2, -0.15) is 0 Å². The van der Waals surface area contributed by atoms with E-state index < -0.39 is 0 Å². The van der Waals surface area contributed by atoms with Crippen LogP contribution in [0.4, 0.5) is 0 Å². The van der Waals surface area contributed by atoms with Gasteiger partial charge in [-0.05, 0) is 176 Å². The number of hydrogen-bond donors (Lipinski definition) is 0. The van der Waals surface area contributed by atoms with E-state index in [0.29, 0.717) is 0 Å². The molecule has 0 aliphatic rings. The second-order valence-corrected chi connectivity index (χ2v) is 21.9. The van der Waals surface area contributed by atoms with Crippen molar-refractivity contribution < 1.29 is 0 Å². The van der Waals surface area contributed by atoms with Crippen molar-refractivity contribution in [2.45, 2.75) is 358 Å². The first-order valence-corrected chi connectivity index (χ1v) is 31.3. The average Bonchev–Trinajstić information content (AvgIpc) is 3.33. The van der Waals surface area contributed by atoms with E-state index in [2.05, 4.69) is 69.2 Å². The largest absolute Gasteiger partial charge is 0.0654 e. The molecule has 0 heteroatoms. The molecule has 0 saturated heterocycles. The van der Waals surface area contributed by atoms with Crippen LogP contribution in [0.2, 0.25) is 0 Å². The van der Waals surface area contributed by atoms with Crippen molar-refractivity contribution in [2.75, 3.05) is 0 Å². The first-order chi connectivity index (χ1) is 32.9. The Bertz CT molecular complexity index is 1490. The van der Waals surface area contributed by atoms with Crippen LogP contribution in [-0.2, 0) is 57.8 Å². The molecule has 0 saturated carbocycles. The fraction of sp³-hybridized carbons (Fsp3) is 0.821. The van der Waals surface area contributed by atoms with Crippen molar-refractivity contribution in [2.24, 2.45) is 0 Å². The highest BCUT2D eigenvalue weighted by molar-refractivity contribution is 5.83. The first kappa shape index (κ1) is 61.6. The summed E-state index contributed by atoms with van der Waals surface area (Å²) in [4.78, 5) is 0. The third-order valence-corrected chi connectivity index (χ3v) is 16.1. The van der Waals surface area contributed by atoms with Gasteiger partial charge in [0.15, 0.2) is 0 Å². The Hall–Kier alpha value is -1.56. The van der Waals surface area contributed by atoms with E-state index in [1.54, 1.807) is 16.7 Å². The fourth-order valence-electron chi connectivity index (χ4n) is 12.1. The molecule has 0 heterocycles. The summed E-state index contributed by atoms with van der Waals surface area (Å²) in [6.45, 7) is 24.4. The van der Waals surface area contributed by atoms with Gasteiger partial charge in [0.25, 0.3) is 0 Å². The minimum atomic E-state index is 1.18. The molecule has 0 bridgehead atoms. The van der Waals surface area contributed by atoms with Gasteiger partial charge < -0.3 is 0 Å². The van der Waals surface area contributed by atoms with Crippen LogP contribution in [0.3, 0.4) is 0 Å². The molecule has 0 aliphatic heterocycles. The van der Waals surface area contributed by atoms with Crippen LogP contribution in [0.15, 0.2) is 0 Å². The Morgan fingerprint density at radius 1 is 0.179 bits per heavy atom. The molecule has 0 radical (unpaired) electrons. The molecule has 388 valence electrons. The lowest BCUT2D eigenvalue weighted by atomic mass is 9.72. The Morgan fingerprint density at radius 3 is 0.746 bits per heavy atom. The minimum absolute atomic E-state index is 1.18. The number of rotatable bonds is 46. The zero-order chi connectivity index (χ0) is 48.7. The van der Waals surface area contributed by atoms with Gasteiger partial charge in [-0.3, -0.25) is 0 Å². The van der Waals surface area contributed by atoms with Gasteiger partial charge in [0.05, 0.1) is 0 Å².